The molecule has 0 N–H and O–H groups in total. The summed E-state index contributed by atoms with van der Waals surface area (Å²) in [6.45, 7) is 2.91. The van der Waals surface area contributed by atoms with Gasteiger partial charge < -0.3 is 9.64 Å². The largest absolute Gasteiger partial charge is 0.495 e. The molecule has 0 amide bonds. The Bertz CT molecular complexity index is 850. The van der Waals surface area contributed by atoms with Crippen molar-refractivity contribution in [3.8, 4) is 5.75 Å². The van der Waals surface area contributed by atoms with Crippen molar-refractivity contribution in [1.29, 1.82) is 0 Å². The van der Waals surface area contributed by atoms with Crippen molar-refractivity contribution in [2.24, 2.45) is 0 Å². The third kappa shape index (κ3) is 4.59. The Morgan fingerprint density at radius 3 is 2.37 bits per heavy atom. The van der Waals surface area contributed by atoms with Gasteiger partial charge in [-0.25, -0.2) is 12.8 Å². The number of halogens is 1. The highest BCUT2D eigenvalue weighted by Crippen LogP contribution is 2.32. The molecule has 1 aliphatic heterocycles. The predicted octanol–water partition coefficient (Wildman–Crippen LogP) is 3.52. The van der Waals surface area contributed by atoms with Gasteiger partial charge in [0.25, 0.3) is 10.0 Å². The first kappa shape index (κ1) is 19.6. The van der Waals surface area contributed by atoms with Gasteiger partial charge in [0.1, 0.15) is 11.6 Å². The van der Waals surface area contributed by atoms with Crippen LogP contribution in [0.2, 0.25) is 0 Å². The van der Waals surface area contributed by atoms with Crippen LogP contribution in [0.25, 0.3) is 0 Å². The highest BCUT2D eigenvalue weighted by molar-refractivity contribution is 7.92. The number of rotatable bonds is 7. The molecule has 0 radical (unpaired) electrons. The number of nitrogens with zero attached hydrogens (tertiary/aromatic N) is 2. The zero-order valence-electron chi connectivity index (χ0n) is 15.5. The van der Waals surface area contributed by atoms with Gasteiger partial charge in [-0.2, -0.15) is 0 Å². The number of likely N-dealkylation sites (tertiary alicyclic amines) is 1. The number of benzene rings is 2. The normalized spacial score (nSPS) is 15.5. The molecule has 0 aromatic heterocycles. The van der Waals surface area contributed by atoms with E-state index in [0.717, 1.165) is 38.1 Å². The molecular formula is C20H25FN2O3S. The van der Waals surface area contributed by atoms with Crippen LogP contribution in [0.4, 0.5) is 10.1 Å². The maximum Gasteiger partial charge on any atom is 0.264 e. The van der Waals surface area contributed by atoms with Crippen molar-refractivity contribution in [1.82, 2.24) is 4.90 Å². The zero-order chi connectivity index (χ0) is 19.3. The Labute approximate surface area is 160 Å². The first-order valence-electron chi connectivity index (χ1n) is 9.16. The van der Waals surface area contributed by atoms with Gasteiger partial charge in [-0.1, -0.05) is 18.6 Å². The molecule has 1 fully saturated rings. The summed E-state index contributed by atoms with van der Waals surface area (Å²) in [5, 5.41) is 0. The second-order valence-electron chi connectivity index (χ2n) is 6.61. The minimum absolute atomic E-state index is 0.0634. The van der Waals surface area contributed by atoms with Gasteiger partial charge in [0.05, 0.1) is 17.7 Å². The van der Waals surface area contributed by atoms with E-state index in [-0.39, 0.29) is 4.90 Å². The van der Waals surface area contributed by atoms with E-state index in [1.165, 1.54) is 30.0 Å². The summed E-state index contributed by atoms with van der Waals surface area (Å²) >= 11 is 0. The Balaban J connectivity index is 1.94. The summed E-state index contributed by atoms with van der Waals surface area (Å²) in [5.41, 5.74) is 0.487. The maximum atomic E-state index is 13.3. The molecule has 27 heavy (non-hydrogen) atoms. The summed E-state index contributed by atoms with van der Waals surface area (Å²) < 4.78 is 46.7. The molecule has 0 spiro atoms. The Hall–Kier alpha value is -2.12. The SMILES string of the molecule is COc1ccccc1N(CCN1CCCCC1)S(=O)(=O)c1ccc(F)cc1. The molecule has 7 heteroatoms. The van der Waals surface area contributed by atoms with E-state index in [0.29, 0.717) is 24.5 Å². The molecule has 0 unspecified atom stereocenters. The number of para-hydroxylation sites is 2. The fraction of sp³-hybridized carbons (Fsp3) is 0.400. The van der Waals surface area contributed by atoms with Crippen molar-refractivity contribution < 1.29 is 17.5 Å². The van der Waals surface area contributed by atoms with E-state index < -0.39 is 15.8 Å². The number of methoxy groups -OCH3 is 1. The van der Waals surface area contributed by atoms with Gasteiger partial charge >= 0.3 is 0 Å². The maximum absolute atomic E-state index is 13.3. The highest BCUT2D eigenvalue weighted by atomic mass is 32.2. The average Bonchev–Trinajstić information content (AvgIpc) is 2.69. The number of sulfonamides is 1. The lowest BCUT2D eigenvalue weighted by Crippen LogP contribution is -2.40. The highest BCUT2D eigenvalue weighted by Gasteiger charge is 2.28. The molecule has 146 valence electrons. The van der Waals surface area contributed by atoms with Crippen LogP contribution in [0.3, 0.4) is 0 Å². The van der Waals surface area contributed by atoms with E-state index in [4.69, 9.17) is 4.74 Å². The molecule has 1 saturated heterocycles. The molecule has 2 aromatic rings. The molecule has 2 aromatic carbocycles. The van der Waals surface area contributed by atoms with Gasteiger partial charge in [0.2, 0.25) is 0 Å². The van der Waals surface area contributed by atoms with Crippen molar-refractivity contribution in [2.45, 2.75) is 24.2 Å². The molecule has 0 bridgehead atoms. The minimum atomic E-state index is -3.84. The first-order chi connectivity index (χ1) is 13.0. The third-order valence-electron chi connectivity index (χ3n) is 4.82. The summed E-state index contributed by atoms with van der Waals surface area (Å²) in [7, 11) is -2.32. The number of ether oxygens (including phenoxy) is 1. The molecule has 0 atom stereocenters. The summed E-state index contributed by atoms with van der Waals surface area (Å²) in [5.74, 6) is 0.0212. The van der Waals surface area contributed by atoms with E-state index in [2.05, 4.69) is 4.90 Å². The monoisotopic (exact) mass is 392 g/mol. The second kappa shape index (κ2) is 8.71. The first-order valence-corrected chi connectivity index (χ1v) is 10.6. The van der Waals surface area contributed by atoms with Gasteiger partial charge in [-0.15, -0.1) is 0 Å². The molecule has 1 aliphatic rings. The van der Waals surface area contributed by atoms with Crippen LogP contribution in [-0.2, 0) is 10.0 Å². The quantitative estimate of drug-likeness (QED) is 0.724. The Morgan fingerprint density at radius 1 is 1.04 bits per heavy atom. The lowest BCUT2D eigenvalue weighted by atomic mass is 10.1. The van der Waals surface area contributed by atoms with Gasteiger partial charge in [-0.3, -0.25) is 4.31 Å². The predicted molar refractivity (Wildman–Crippen MR) is 104 cm³/mol. The third-order valence-corrected chi connectivity index (χ3v) is 6.65. The zero-order valence-corrected chi connectivity index (χ0v) is 16.3. The van der Waals surface area contributed by atoms with Crippen LogP contribution >= 0.6 is 0 Å². The van der Waals surface area contributed by atoms with Crippen LogP contribution in [-0.4, -0.2) is 46.6 Å². The summed E-state index contributed by atoms with van der Waals surface area (Å²) in [6, 6.07) is 12.0. The van der Waals surface area contributed by atoms with Crippen molar-refractivity contribution in [2.75, 3.05) is 37.6 Å². The van der Waals surface area contributed by atoms with Gasteiger partial charge in [-0.05, 0) is 62.3 Å². The van der Waals surface area contributed by atoms with E-state index in [9.17, 15) is 12.8 Å². The molecule has 5 nitrogen and oxygen atoms in total. The van der Waals surface area contributed by atoms with E-state index in [1.54, 1.807) is 24.3 Å². The van der Waals surface area contributed by atoms with Crippen molar-refractivity contribution >= 4 is 15.7 Å². The molecule has 0 saturated carbocycles. The van der Waals surface area contributed by atoms with E-state index in [1.807, 2.05) is 0 Å². The van der Waals surface area contributed by atoms with Crippen LogP contribution < -0.4 is 9.04 Å². The van der Waals surface area contributed by atoms with Crippen molar-refractivity contribution in [3.63, 3.8) is 0 Å². The number of hydrogen-bond acceptors (Lipinski definition) is 4. The molecular weight excluding hydrogens is 367 g/mol. The van der Waals surface area contributed by atoms with Crippen LogP contribution in [0, 0.1) is 5.82 Å². The van der Waals surface area contributed by atoms with Crippen LogP contribution in [0.5, 0.6) is 5.75 Å². The standard InChI is InChI=1S/C20H25FN2O3S/c1-26-20-8-4-3-7-19(20)23(16-15-22-13-5-2-6-14-22)27(24,25)18-11-9-17(21)10-12-18/h3-4,7-12H,2,5-6,13-16H2,1H3. The van der Waals surface area contributed by atoms with Crippen molar-refractivity contribution in [3.05, 3.63) is 54.3 Å². The molecule has 0 aliphatic carbocycles. The molecule has 3 rings (SSSR count). The minimum Gasteiger partial charge on any atom is -0.495 e. The smallest absolute Gasteiger partial charge is 0.264 e. The number of hydrogen-bond donors (Lipinski definition) is 0. The number of piperidine rings is 1. The topological polar surface area (TPSA) is 49.9 Å². The van der Waals surface area contributed by atoms with Crippen LogP contribution in [0.1, 0.15) is 19.3 Å². The second-order valence-corrected chi connectivity index (χ2v) is 8.47. The summed E-state index contributed by atoms with van der Waals surface area (Å²) in [6.07, 6.45) is 3.50. The Kier molecular flexibility index (Phi) is 6.34. The Morgan fingerprint density at radius 2 is 1.70 bits per heavy atom. The fourth-order valence-electron chi connectivity index (χ4n) is 3.35. The van der Waals surface area contributed by atoms with Gasteiger partial charge in [0, 0.05) is 13.1 Å². The van der Waals surface area contributed by atoms with E-state index >= 15 is 0 Å². The molecule has 1 heterocycles. The fourth-order valence-corrected chi connectivity index (χ4v) is 4.82. The number of anilines is 1. The lowest BCUT2D eigenvalue weighted by molar-refractivity contribution is 0.235. The van der Waals surface area contributed by atoms with Gasteiger partial charge in [0.15, 0.2) is 0 Å². The summed E-state index contributed by atoms with van der Waals surface area (Å²) in [4.78, 5) is 2.35. The van der Waals surface area contributed by atoms with Crippen LogP contribution in [0.15, 0.2) is 53.4 Å². The average molecular weight is 392 g/mol. The lowest BCUT2D eigenvalue weighted by Gasteiger charge is -2.31.